The first-order valence-corrected chi connectivity index (χ1v) is 9.23. The van der Waals surface area contributed by atoms with Crippen LogP contribution in [0.1, 0.15) is 46.6 Å². The molecule has 0 aliphatic carbocycles. The largest absolute Gasteiger partial charge is 0.460 e. The standard InChI is InChI=1S/C21H33NO2/c1-16-11-12-22(14-17(16)2)15-19(20(23)24-21(3,4)5)13-18-9-7-6-8-10-18/h6-10,16-17,19H,11-15H2,1-5H3/t16-,17+,19+/m1/s1. The second-order valence-electron chi connectivity index (χ2n) is 8.42. The Morgan fingerprint density at radius 3 is 2.46 bits per heavy atom. The molecule has 3 nitrogen and oxygen atoms in total. The van der Waals surface area contributed by atoms with Gasteiger partial charge < -0.3 is 9.64 Å². The van der Waals surface area contributed by atoms with Crippen LogP contribution in [0.3, 0.4) is 0 Å². The van der Waals surface area contributed by atoms with Gasteiger partial charge in [0.1, 0.15) is 5.60 Å². The number of carbonyl (C=O) groups is 1. The maximum atomic E-state index is 12.7. The molecule has 134 valence electrons. The van der Waals surface area contributed by atoms with Crippen LogP contribution in [-0.4, -0.2) is 36.1 Å². The van der Waals surface area contributed by atoms with Gasteiger partial charge in [-0.15, -0.1) is 0 Å². The quantitative estimate of drug-likeness (QED) is 0.759. The van der Waals surface area contributed by atoms with E-state index in [9.17, 15) is 4.79 Å². The van der Waals surface area contributed by atoms with E-state index in [0.717, 1.165) is 32.0 Å². The Hall–Kier alpha value is -1.35. The summed E-state index contributed by atoms with van der Waals surface area (Å²) in [6, 6.07) is 10.3. The van der Waals surface area contributed by atoms with Crippen molar-refractivity contribution in [3.63, 3.8) is 0 Å². The minimum Gasteiger partial charge on any atom is -0.460 e. The highest BCUT2D eigenvalue weighted by atomic mass is 16.6. The van der Waals surface area contributed by atoms with Gasteiger partial charge >= 0.3 is 5.97 Å². The molecule has 3 atom stereocenters. The molecule has 0 spiro atoms. The fraction of sp³-hybridized carbons (Fsp3) is 0.667. The van der Waals surface area contributed by atoms with Crippen molar-refractivity contribution >= 4 is 5.97 Å². The summed E-state index contributed by atoms with van der Waals surface area (Å²) in [5, 5.41) is 0. The van der Waals surface area contributed by atoms with Gasteiger partial charge in [-0.3, -0.25) is 4.79 Å². The van der Waals surface area contributed by atoms with Crippen LogP contribution in [0.15, 0.2) is 30.3 Å². The number of benzene rings is 1. The Labute approximate surface area is 147 Å². The lowest BCUT2D eigenvalue weighted by Gasteiger charge is -2.37. The number of hydrogen-bond donors (Lipinski definition) is 0. The first-order chi connectivity index (χ1) is 11.2. The van der Waals surface area contributed by atoms with Gasteiger partial charge in [0.2, 0.25) is 0 Å². The topological polar surface area (TPSA) is 29.5 Å². The van der Waals surface area contributed by atoms with Crippen molar-refractivity contribution in [2.75, 3.05) is 19.6 Å². The molecule has 0 amide bonds. The van der Waals surface area contributed by atoms with Crippen LogP contribution in [0, 0.1) is 17.8 Å². The number of carbonyl (C=O) groups excluding carboxylic acids is 1. The fourth-order valence-corrected chi connectivity index (χ4v) is 3.33. The van der Waals surface area contributed by atoms with E-state index in [4.69, 9.17) is 4.74 Å². The van der Waals surface area contributed by atoms with E-state index < -0.39 is 5.60 Å². The van der Waals surface area contributed by atoms with Gasteiger partial charge in [0, 0.05) is 13.1 Å². The Kier molecular flexibility index (Phi) is 6.45. The van der Waals surface area contributed by atoms with Crippen molar-refractivity contribution in [3.8, 4) is 0 Å². The molecule has 0 saturated carbocycles. The number of likely N-dealkylation sites (tertiary alicyclic amines) is 1. The molecule has 1 saturated heterocycles. The van der Waals surface area contributed by atoms with Gasteiger partial charge in [-0.1, -0.05) is 44.2 Å². The van der Waals surface area contributed by atoms with Gasteiger partial charge in [0.05, 0.1) is 5.92 Å². The zero-order chi connectivity index (χ0) is 17.7. The minimum absolute atomic E-state index is 0.0716. The summed E-state index contributed by atoms with van der Waals surface area (Å²) < 4.78 is 5.70. The summed E-state index contributed by atoms with van der Waals surface area (Å²) >= 11 is 0. The van der Waals surface area contributed by atoms with E-state index in [2.05, 4.69) is 30.9 Å². The van der Waals surface area contributed by atoms with Crippen molar-refractivity contribution in [1.29, 1.82) is 0 Å². The van der Waals surface area contributed by atoms with E-state index in [1.165, 1.54) is 12.0 Å². The predicted octanol–water partition coefficient (Wildman–Crippen LogP) is 4.16. The smallest absolute Gasteiger partial charge is 0.311 e. The molecule has 2 rings (SSSR count). The normalized spacial score (nSPS) is 23.7. The van der Waals surface area contributed by atoms with Gasteiger partial charge in [-0.25, -0.2) is 0 Å². The highest BCUT2D eigenvalue weighted by molar-refractivity contribution is 5.73. The molecule has 3 heteroatoms. The lowest BCUT2D eigenvalue weighted by atomic mass is 9.87. The van der Waals surface area contributed by atoms with E-state index in [1.54, 1.807) is 0 Å². The van der Waals surface area contributed by atoms with Crippen molar-refractivity contribution in [2.45, 2.75) is 53.1 Å². The Morgan fingerprint density at radius 1 is 1.21 bits per heavy atom. The molecule has 1 aliphatic rings. The first kappa shape index (κ1) is 19.0. The van der Waals surface area contributed by atoms with Crippen LogP contribution in [0.4, 0.5) is 0 Å². The van der Waals surface area contributed by atoms with Gasteiger partial charge in [-0.2, -0.15) is 0 Å². The SMILES string of the molecule is C[C@@H]1CCN(C[C@H](Cc2ccccc2)C(=O)OC(C)(C)C)C[C@@H]1C. The average molecular weight is 332 g/mol. The molecule has 1 aliphatic heterocycles. The maximum absolute atomic E-state index is 12.7. The molecule has 1 fully saturated rings. The summed E-state index contributed by atoms with van der Waals surface area (Å²) in [5.74, 6) is 1.29. The highest BCUT2D eigenvalue weighted by Gasteiger charge is 2.30. The van der Waals surface area contributed by atoms with E-state index in [-0.39, 0.29) is 11.9 Å². The third-order valence-electron chi connectivity index (χ3n) is 4.96. The molecule has 0 N–H and O–H groups in total. The number of ether oxygens (including phenoxy) is 1. The Morgan fingerprint density at radius 2 is 1.88 bits per heavy atom. The average Bonchev–Trinajstić information content (AvgIpc) is 2.49. The Bertz CT molecular complexity index is 520. The number of esters is 1. The Balaban J connectivity index is 2.06. The highest BCUT2D eigenvalue weighted by Crippen LogP contribution is 2.24. The summed E-state index contributed by atoms with van der Waals surface area (Å²) in [7, 11) is 0. The van der Waals surface area contributed by atoms with E-state index >= 15 is 0 Å². The summed E-state index contributed by atoms with van der Waals surface area (Å²) in [4.78, 5) is 15.2. The predicted molar refractivity (Wildman–Crippen MR) is 98.9 cm³/mol. The maximum Gasteiger partial charge on any atom is 0.311 e. The molecule has 1 aromatic carbocycles. The summed E-state index contributed by atoms with van der Waals surface area (Å²) in [5.41, 5.74) is 0.766. The lowest BCUT2D eigenvalue weighted by molar-refractivity contribution is -0.160. The number of rotatable bonds is 5. The molecular formula is C21H33NO2. The monoisotopic (exact) mass is 331 g/mol. The van der Waals surface area contributed by atoms with Crippen molar-refractivity contribution in [1.82, 2.24) is 4.90 Å². The third kappa shape index (κ3) is 5.94. The third-order valence-corrected chi connectivity index (χ3v) is 4.96. The molecule has 1 aromatic rings. The molecule has 0 unspecified atom stereocenters. The van der Waals surface area contributed by atoms with Crippen LogP contribution in [-0.2, 0) is 16.0 Å². The van der Waals surface area contributed by atoms with Crippen LogP contribution < -0.4 is 0 Å². The van der Waals surface area contributed by atoms with E-state index in [0.29, 0.717) is 5.92 Å². The van der Waals surface area contributed by atoms with Crippen molar-refractivity contribution < 1.29 is 9.53 Å². The molecule has 0 bridgehead atoms. The molecule has 0 aromatic heterocycles. The fourth-order valence-electron chi connectivity index (χ4n) is 3.33. The number of piperidine rings is 1. The zero-order valence-electron chi connectivity index (χ0n) is 15.9. The first-order valence-electron chi connectivity index (χ1n) is 9.23. The van der Waals surface area contributed by atoms with Gasteiger partial charge in [0.15, 0.2) is 0 Å². The van der Waals surface area contributed by atoms with Crippen molar-refractivity contribution in [2.24, 2.45) is 17.8 Å². The second-order valence-corrected chi connectivity index (χ2v) is 8.42. The number of nitrogens with zero attached hydrogens (tertiary/aromatic N) is 1. The summed E-state index contributed by atoms with van der Waals surface area (Å²) in [6.45, 7) is 13.4. The zero-order valence-corrected chi connectivity index (χ0v) is 15.9. The van der Waals surface area contributed by atoms with Gasteiger partial charge in [-0.05, 0) is 57.6 Å². The second kappa shape index (κ2) is 8.15. The minimum atomic E-state index is -0.435. The van der Waals surface area contributed by atoms with E-state index in [1.807, 2.05) is 39.0 Å². The molecular weight excluding hydrogens is 298 g/mol. The number of hydrogen-bond acceptors (Lipinski definition) is 3. The van der Waals surface area contributed by atoms with Crippen LogP contribution in [0.5, 0.6) is 0 Å². The summed E-state index contributed by atoms with van der Waals surface area (Å²) in [6.07, 6.45) is 1.96. The van der Waals surface area contributed by atoms with Crippen LogP contribution >= 0.6 is 0 Å². The molecule has 0 radical (unpaired) electrons. The van der Waals surface area contributed by atoms with Gasteiger partial charge in [0.25, 0.3) is 0 Å². The molecule has 1 heterocycles. The van der Waals surface area contributed by atoms with Crippen molar-refractivity contribution in [3.05, 3.63) is 35.9 Å². The lowest BCUT2D eigenvalue weighted by Crippen LogP contribution is -2.44. The van der Waals surface area contributed by atoms with Crippen LogP contribution in [0.2, 0.25) is 0 Å². The molecule has 24 heavy (non-hydrogen) atoms. The van der Waals surface area contributed by atoms with Crippen LogP contribution in [0.25, 0.3) is 0 Å².